The van der Waals surface area contributed by atoms with Gasteiger partial charge in [-0.05, 0) is 46.5 Å². The Bertz CT molecular complexity index is 1920. The summed E-state index contributed by atoms with van der Waals surface area (Å²) in [6.07, 6.45) is -3.75. The van der Waals surface area contributed by atoms with Crippen LogP contribution in [-0.2, 0) is 54.8 Å². The molecule has 0 bridgehead atoms. The van der Waals surface area contributed by atoms with Gasteiger partial charge in [-0.2, -0.15) is 0 Å². The van der Waals surface area contributed by atoms with Gasteiger partial charge < -0.3 is 32.8 Å². The van der Waals surface area contributed by atoms with Crippen LogP contribution in [0.1, 0.15) is 44.5 Å². The topological polar surface area (TPSA) is 85.6 Å². The van der Waals surface area contributed by atoms with Crippen molar-refractivity contribution in [3.8, 4) is 0 Å². The SMILES string of the molecule is O=C(O[C@H](c1ccco1)[C@H]1O[C@H](OCc2ccccc2)[C@H](OCc2ccccc2)[C@@H](OCc2ccccc2)[C@@H]1OCc1ccccc1)c1ccccc1. The van der Waals surface area contributed by atoms with E-state index in [1.807, 2.05) is 127 Å². The van der Waals surface area contributed by atoms with Crippen molar-refractivity contribution in [3.05, 3.63) is 204 Å². The van der Waals surface area contributed by atoms with E-state index in [0.29, 0.717) is 11.3 Å². The van der Waals surface area contributed by atoms with Crippen LogP contribution in [-0.4, -0.2) is 36.7 Å². The van der Waals surface area contributed by atoms with E-state index < -0.39 is 42.8 Å². The van der Waals surface area contributed by atoms with E-state index in [-0.39, 0.29) is 26.4 Å². The third-order valence-electron chi connectivity index (χ3n) is 9.01. The largest absolute Gasteiger partial charge is 0.465 e. The van der Waals surface area contributed by atoms with E-state index in [1.54, 1.807) is 42.7 Å². The van der Waals surface area contributed by atoms with Gasteiger partial charge in [0, 0.05) is 0 Å². The third kappa shape index (κ3) is 9.75. The zero-order chi connectivity index (χ0) is 36.1. The number of hydrogen-bond donors (Lipinski definition) is 0. The number of esters is 1. The van der Waals surface area contributed by atoms with Crippen LogP contribution < -0.4 is 0 Å². The van der Waals surface area contributed by atoms with Crippen molar-refractivity contribution in [2.45, 2.75) is 63.2 Å². The summed E-state index contributed by atoms with van der Waals surface area (Å²) in [7, 11) is 0. The summed E-state index contributed by atoms with van der Waals surface area (Å²) in [5.74, 6) is -0.150. The van der Waals surface area contributed by atoms with Crippen molar-refractivity contribution in [1.82, 2.24) is 0 Å². The first-order chi connectivity index (χ1) is 26.2. The molecule has 7 rings (SSSR count). The first kappa shape index (κ1) is 36.0. The van der Waals surface area contributed by atoms with Gasteiger partial charge in [0.1, 0.15) is 30.2 Å². The number of benzene rings is 5. The van der Waals surface area contributed by atoms with Crippen molar-refractivity contribution in [3.63, 3.8) is 0 Å². The maximum absolute atomic E-state index is 13.7. The number of furan rings is 1. The maximum Gasteiger partial charge on any atom is 0.338 e. The average Bonchev–Trinajstić information content (AvgIpc) is 3.77. The highest BCUT2D eigenvalue weighted by Crippen LogP contribution is 2.39. The number of carbonyl (C=O) groups is 1. The lowest BCUT2D eigenvalue weighted by Gasteiger charge is -2.47. The molecule has 0 aliphatic carbocycles. The Hall–Kier alpha value is -5.35. The molecule has 5 aromatic carbocycles. The van der Waals surface area contributed by atoms with Gasteiger partial charge in [0.25, 0.3) is 0 Å². The maximum atomic E-state index is 13.7. The van der Waals surface area contributed by atoms with Crippen LogP contribution in [0.25, 0.3) is 0 Å². The molecule has 1 aliphatic heterocycles. The first-order valence-electron chi connectivity index (χ1n) is 17.8. The van der Waals surface area contributed by atoms with Crippen LogP contribution in [0.15, 0.2) is 174 Å². The van der Waals surface area contributed by atoms with Crippen LogP contribution in [0.4, 0.5) is 0 Å². The lowest BCUT2D eigenvalue weighted by molar-refractivity contribution is -0.338. The molecule has 2 heterocycles. The van der Waals surface area contributed by atoms with Gasteiger partial charge in [-0.25, -0.2) is 4.79 Å². The second-order valence-corrected chi connectivity index (χ2v) is 12.8. The molecule has 0 radical (unpaired) electrons. The van der Waals surface area contributed by atoms with Crippen molar-refractivity contribution >= 4 is 5.97 Å². The molecule has 1 aliphatic rings. The molecular weight excluding hydrogens is 668 g/mol. The summed E-state index contributed by atoms with van der Waals surface area (Å²) in [6.45, 7) is 0.996. The minimum Gasteiger partial charge on any atom is -0.465 e. The van der Waals surface area contributed by atoms with Gasteiger partial charge in [-0.1, -0.05) is 140 Å². The van der Waals surface area contributed by atoms with Gasteiger partial charge in [0.2, 0.25) is 0 Å². The van der Waals surface area contributed by atoms with Crippen LogP contribution >= 0.6 is 0 Å². The first-order valence-corrected chi connectivity index (χ1v) is 17.8. The van der Waals surface area contributed by atoms with Gasteiger partial charge in [-0.3, -0.25) is 0 Å². The minimum atomic E-state index is -1.04. The minimum absolute atomic E-state index is 0.231. The lowest BCUT2D eigenvalue weighted by atomic mass is 9.93. The highest BCUT2D eigenvalue weighted by Gasteiger charge is 2.53. The number of carbonyl (C=O) groups excluding carboxylic acids is 1. The molecule has 8 nitrogen and oxygen atoms in total. The Labute approximate surface area is 309 Å². The second-order valence-electron chi connectivity index (χ2n) is 12.8. The van der Waals surface area contributed by atoms with Gasteiger partial charge >= 0.3 is 5.97 Å². The van der Waals surface area contributed by atoms with Gasteiger partial charge in [-0.15, -0.1) is 0 Å². The highest BCUT2D eigenvalue weighted by atomic mass is 16.7. The number of hydrogen-bond acceptors (Lipinski definition) is 8. The predicted molar refractivity (Wildman–Crippen MR) is 198 cm³/mol. The molecule has 0 saturated carbocycles. The fourth-order valence-corrected chi connectivity index (χ4v) is 6.32. The smallest absolute Gasteiger partial charge is 0.338 e. The van der Waals surface area contributed by atoms with E-state index >= 15 is 0 Å². The molecule has 0 unspecified atom stereocenters. The summed E-state index contributed by atoms with van der Waals surface area (Å²) in [4.78, 5) is 13.7. The standard InChI is InChI=1S/C45H42O8/c46-44(37-25-14-5-15-26-37)52-39(38-27-16-28-47-38)42-40(48-29-33-17-6-1-7-18-33)41(49-30-34-19-8-2-9-20-34)43(50-31-35-21-10-3-11-22-35)45(53-42)51-32-36-23-12-4-13-24-36/h1-28,39-43,45H,29-32H2/t39-,40+,41+,42-,43-,45+/m1/s1. The Morgan fingerprint density at radius 1 is 0.491 bits per heavy atom. The van der Waals surface area contributed by atoms with Crippen LogP contribution in [0.3, 0.4) is 0 Å². The van der Waals surface area contributed by atoms with Gasteiger partial charge in [0.15, 0.2) is 12.4 Å². The van der Waals surface area contributed by atoms with E-state index in [4.69, 9.17) is 32.8 Å². The number of rotatable bonds is 16. The fourth-order valence-electron chi connectivity index (χ4n) is 6.32. The summed E-state index contributed by atoms with van der Waals surface area (Å²) in [5.41, 5.74) is 4.24. The van der Waals surface area contributed by atoms with Crippen LogP contribution in [0.5, 0.6) is 0 Å². The normalized spacial score (nSPS) is 20.4. The summed E-state index contributed by atoms with van der Waals surface area (Å²) in [6, 6.07) is 51.9. The van der Waals surface area contributed by atoms with E-state index in [0.717, 1.165) is 22.3 Å². The van der Waals surface area contributed by atoms with E-state index in [9.17, 15) is 4.79 Å². The van der Waals surface area contributed by atoms with Crippen LogP contribution in [0.2, 0.25) is 0 Å². The highest BCUT2D eigenvalue weighted by molar-refractivity contribution is 5.89. The third-order valence-corrected chi connectivity index (χ3v) is 9.01. The Kier molecular flexibility index (Phi) is 12.5. The molecule has 0 spiro atoms. The Morgan fingerprint density at radius 3 is 1.40 bits per heavy atom. The molecule has 6 atom stereocenters. The van der Waals surface area contributed by atoms with Crippen molar-refractivity contribution in [1.29, 1.82) is 0 Å². The number of ether oxygens (including phenoxy) is 6. The van der Waals surface area contributed by atoms with Crippen molar-refractivity contribution in [2.75, 3.05) is 0 Å². The van der Waals surface area contributed by atoms with Gasteiger partial charge in [0.05, 0.1) is 38.3 Å². The zero-order valence-electron chi connectivity index (χ0n) is 29.2. The average molecular weight is 711 g/mol. The van der Waals surface area contributed by atoms with E-state index in [1.165, 1.54) is 0 Å². The predicted octanol–water partition coefficient (Wildman–Crippen LogP) is 8.88. The summed E-state index contributed by atoms with van der Waals surface area (Å²) >= 11 is 0. The van der Waals surface area contributed by atoms with Crippen LogP contribution in [0, 0.1) is 0 Å². The lowest BCUT2D eigenvalue weighted by Crippen LogP contribution is -2.62. The molecule has 53 heavy (non-hydrogen) atoms. The Balaban J connectivity index is 1.29. The molecular formula is C45H42O8. The molecule has 1 saturated heterocycles. The molecule has 1 aromatic heterocycles. The Morgan fingerprint density at radius 2 is 0.925 bits per heavy atom. The molecule has 6 aromatic rings. The molecule has 8 heteroatoms. The molecule has 0 amide bonds. The molecule has 1 fully saturated rings. The zero-order valence-corrected chi connectivity index (χ0v) is 29.2. The second kappa shape index (κ2) is 18.4. The summed E-state index contributed by atoms with van der Waals surface area (Å²) in [5, 5.41) is 0. The summed E-state index contributed by atoms with van der Waals surface area (Å²) < 4.78 is 46.2. The molecule has 270 valence electrons. The molecule has 0 N–H and O–H groups in total. The van der Waals surface area contributed by atoms with Crippen molar-refractivity contribution < 1.29 is 37.6 Å². The van der Waals surface area contributed by atoms with E-state index in [2.05, 4.69) is 0 Å². The fraction of sp³-hybridized carbons (Fsp3) is 0.222. The quantitative estimate of drug-likeness (QED) is 0.0922. The van der Waals surface area contributed by atoms with Crippen molar-refractivity contribution in [2.24, 2.45) is 0 Å². The monoisotopic (exact) mass is 710 g/mol.